The smallest absolute Gasteiger partial charge is 0.111 e. The lowest BCUT2D eigenvalue weighted by Crippen LogP contribution is -1.83. The van der Waals surface area contributed by atoms with Gasteiger partial charge in [-0.05, 0) is 26.0 Å². The van der Waals surface area contributed by atoms with Crippen LogP contribution in [0, 0.1) is 13.8 Å². The zero-order chi connectivity index (χ0) is 10.1. The number of halogens is 1. The van der Waals surface area contributed by atoms with Crippen molar-refractivity contribution in [1.29, 1.82) is 0 Å². The standard InChI is InChI=1S/C10H10ClN3/c1-6-5-8(3-4-12-6)10-9(11)7(2)13-14-10/h3-5H,1-2H3,(H,13,14). The van der Waals surface area contributed by atoms with Gasteiger partial charge in [-0.25, -0.2) is 0 Å². The van der Waals surface area contributed by atoms with E-state index in [9.17, 15) is 0 Å². The highest BCUT2D eigenvalue weighted by molar-refractivity contribution is 6.33. The van der Waals surface area contributed by atoms with E-state index in [4.69, 9.17) is 11.6 Å². The summed E-state index contributed by atoms with van der Waals surface area (Å²) in [6.45, 7) is 3.84. The van der Waals surface area contributed by atoms with Crippen LogP contribution in [-0.2, 0) is 0 Å². The van der Waals surface area contributed by atoms with Crippen LogP contribution in [0.5, 0.6) is 0 Å². The molecule has 1 N–H and O–H groups in total. The molecule has 2 heterocycles. The van der Waals surface area contributed by atoms with Gasteiger partial charge in [0.25, 0.3) is 0 Å². The molecular formula is C10H10ClN3. The summed E-state index contributed by atoms with van der Waals surface area (Å²) in [5.41, 5.74) is 3.62. The Kier molecular flexibility index (Phi) is 2.25. The Balaban J connectivity index is 2.55. The van der Waals surface area contributed by atoms with Crippen molar-refractivity contribution in [2.75, 3.05) is 0 Å². The highest BCUT2D eigenvalue weighted by Crippen LogP contribution is 2.27. The summed E-state index contributed by atoms with van der Waals surface area (Å²) < 4.78 is 0. The van der Waals surface area contributed by atoms with Crippen LogP contribution in [0.1, 0.15) is 11.4 Å². The van der Waals surface area contributed by atoms with Crippen molar-refractivity contribution in [2.24, 2.45) is 0 Å². The van der Waals surface area contributed by atoms with Crippen LogP contribution in [0.25, 0.3) is 11.3 Å². The van der Waals surface area contributed by atoms with Crippen molar-refractivity contribution in [1.82, 2.24) is 15.2 Å². The van der Waals surface area contributed by atoms with Crippen LogP contribution in [0.4, 0.5) is 0 Å². The number of hydrogen-bond donors (Lipinski definition) is 1. The van der Waals surface area contributed by atoms with Gasteiger partial charge in [0.1, 0.15) is 5.69 Å². The lowest BCUT2D eigenvalue weighted by Gasteiger charge is -1.98. The summed E-state index contributed by atoms with van der Waals surface area (Å²) in [7, 11) is 0. The molecule has 0 aromatic carbocycles. The molecule has 0 aliphatic carbocycles. The molecule has 4 heteroatoms. The molecule has 0 unspecified atom stereocenters. The summed E-state index contributed by atoms with van der Waals surface area (Å²) >= 11 is 6.08. The number of nitrogens with one attached hydrogen (secondary N) is 1. The molecule has 3 nitrogen and oxygen atoms in total. The number of aromatic amines is 1. The van der Waals surface area contributed by atoms with Crippen LogP contribution in [0.2, 0.25) is 5.02 Å². The number of rotatable bonds is 1. The fourth-order valence-corrected chi connectivity index (χ4v) is 1.49. The zero-order valence-corrected chi connectivity index (χ0v) is 8.76. The summed E-state index contributed by atoms with van der Waals surface area (Å²) in [4.78, 5) is 4.12. The summed E-state index contributed by atoms with van der Waals surface area (Å²) in [5, 5.41) is 7.67. The predicted molar refractivity (Wildman–Crippen MR) is 56.3 cm³/mol. The first kappa shape index (κ1) is 9.21. The first-order valence-electron chi connectivity index (χ1n) is 4.32. The zero-order valence-electron chi connectivity index (χ0n) is 8.00. The van der Waals surface area contributed by atoms with Gasteiger partial charge in [-0.2, -0.15) is 5.10 Å². The average molecular weight is 208 g/mol. The van der Waals surface area contributed by atoms with Crippen LogP contribution in [0.3, 0.4) is 0 Å². The number of pyridine rings is 1. The van der Waals surface area contributed by atoms with Gasteiger partial charge >= 0.3 is 0 Å². The summed E-state index contributed by atoms with van der Waals surface area (Å²) in [6, 6.07) is 3.86. The van der Waals surface area contributed by atoms with E-state index >= 15 is 0 Å². The quantitative estimate of drug-likeness (QED) is 0.781. The minimum Gasteiger partial charge on any atom is -0.281 e. The van der Waals surface area contributed by atoms with Gasteiger partial charge in [0.15, 0.2) is 0 Å². The molecular weight excluding hydrogens is 198 g/mol. The number of hydrogen-bond acceptors (Lipinski definition) is 2. The molecule has 0 aliphatic rings. The maximum absolute atomic E-state index is 6.08. The second-order valence-corrected chi connectivity index (χ2v) is 3.58. The fourth-order valence-electron chi connectivity index (χ4n) is 1.30. The van der Waals surface area contributed by atoms with Crippen LogP contribution < -0.4 is 0 Å². The van der Waals surface area contributed by atoms with Gasteiger partial charge in [0.05, 0.1) is 10.7 Å². The molecule has 0 radical (unpaired) electrons. The van der Waals surface area contributed by atoms with E-state index in [1.807, 2.05) is 26.0 Å². The molecule has 0 saturated carbocycles. The van der Waals surface area contributed by atoms with E-state index in [0.29, 0.717) is 5.02 Å². The molecule has 0 aliphatic heterocycles. The Hall–Kier alpha value is -1.35. The Bertz CT molecular complexity index is 462. The molecule has 14 heavy (non-hydrogen) atoms. The number of H-pyrrole nitrogens is 1. The molecule has 0 spiro atoms. The van der Waals surface area contributed by atoms with Crippen molar-refractivity contribution in [2.45, 2.75) is 13.8 Å². The SMILES string of the molecule is Cc1cc(-c2n[nH]c(C)c2Cl)ccn1. The molecule has 0 fully saturated rings. The third kappa shape index (κ3) is 1.51. The minimum atomic E-state index is 0.676. The molecule has 2 rings (SSSR count). The van der Waals surface area contributed by atoms with Gasteiger partial charge in [-0.3, -0.25) is 10.1 Å². The van der Waals surface area contributed by atoms with E-state index in [1.54, 1.807) is 6.20 Å². The van der Waals surface area contributed by atoms with Crippen molar-refractivity contribution < 1.29 is 0 Å². The normalized spacial score (nSPS) is 10.5. The Morgan fingerprint density at radius 3 is 2.71 bits per heavy atom. The average Bonchev–Trinajstić information content (AvgIpc) is 2.48. The summed E-state index contributed by atoms with van der Waals surface area (Å²) in [5.74, 6) is 0. The van der Waals surface area contributed by atoms with E-state index in [0.717, 1.165) is 22.6 Å². The largest absolute Gasteiger partial charge is 0.281 e. The fraction of sp³-hybridized carbons (Fsp3) is 0.200. The van der Waals surface area contributed by atoms with Crippen LogP contribution in [0.15, 0.2) is 18.3 Å². The molecule has 0 bridgehead atoms. The topological polar surface area (TPSA) is 41.6 Å². The molecule has 72 valence electrons. The predicted octanol–water partition coefficient (Wildman–Crippen LogP) is 2.74. The lowest BCUT2D eigenvalue weighted by molar-refractivity contribution is 1.05. The molecule has 0 amide bonds. The highest BCUT2D eigenvalue weighted by atomic mass is 35.5. The number of nitrogens with zero attached hydrogens (tertiary/aromatic N) is 2. The number of aryl methyl sites for hydroxylation is 2. The van der Waals surface area contributed by atoms with Crippen molar-refractivity contribution >= 4 is 11.6 Å². The molecule has 2 aromatic heterocycles. The third-order valence-corrected chi connectivity index (χ3v) is 2.51. The van der Waals surface area contributed by atoms with E-state index in [-0.39, 0.29) is 0 Å². The molecule has 0 atom stereocenters. The van der Waals surface area contributed by atoms with Crippen molar-refractivity contribution in [3.8, 4) is 11.3 Å². The molecule has 0 saturated heterocycles. The van der Waals surface area contributed by atoms with E-state index in [1.165, 1.54) is 0 Å². The van der Waals surface area contributed by atoms with Crippen molar-refractivity contribution in [3.05, 3.63) is 34.7 Å². The van der Waals surface area contributed by atoms with Crippen molar-refractivity contribution in [3.63, 3.8) is 0 Å². The Morgan fingerprint density at radius 1 is 1.36 bits per heavy atom. The van der Waals surface area contributed by atoms with E-state index < -0.39 is 0 Å². The summed E-state index contributed by atoms with van der Waals surface area (Å²) in [6.07, 6.45) is 1.75. The van der Waals surface area contributed by atoms with Crippen LogP contribution in [-0.4, -0.2) is 15.2 Å². The Morgan fingerprint density at radius 2 is 2.14 bits per heavy atom. The Labute approximate surface area is 87.1 Å². The maximum atomic E-state index is 6.08. The monoisotopic (exact) mass is 207 g/mol. The van der Waals surface area contributed by atoms with Gasteiger partial charge in [-0.1, -0.05) is 11.6 Å². The van der Waals surface area contributed by atoms with Gasteiger partial charge in [-0.15, -0.1) is 0 Å². The second kappa shape index (κ2) is 3.42. The third-order valence-electron chi connectivity index (χ3n) is 2.04. The van der Waals surface area contributed by atoms with Gasteiger partial charge < -0.3 is 0 Å². The lowest BCUT2D eigenvalue weighted by atomic mass is 10.1. The number of aromatic nitrogens is 3. The minimum absolute atomic E-state index is 0.676. The first-order valence-corrected chi connectivity index (χ1v) is 4.70. The van der Waals surface area contributed by atoms with Gasteiger partial charge in [0, 0.05) is 17.5 Å². The van der Waals surface area contributed by atoms with Crippen LogP contribution >= 0.6 is 11.6 Å². The second-order valence-electron chi connectivity index (χ2n) is 3.20. The van der Waals surface area contributed by atoms with Gasteiger partial charge in [0.2, 0.25) is 0 Å². The highest BCUT2D eigenvalue weighted by Gasteiger charge is 2.09. The first-order chi connectivity index (χ1) is 6.68. The van der Waals surface area contributed by atoms with E-state index in [2.05, 4.69) is 15.2 Å². The maximum Gasteiger partial charge on any atom is 0.111 e. The molecule has 2 aromatic rings.